The molecular weight excluding hydrogens is 264 g/mol. The summed E-state index contributed by atoms with van der Waals surface area (Å²) in [4.78, 5) is 11.4. The summed E-state index contributed by atoms with van der Waals surface area (Å²) in [5, 5.41) is 9.36. The van der Waals surface area contributed by atoms with Crippen LogP contribution in [0.3, 0.4) is 0 Å². The molecule has 0 saturated heterocycles. The fourth-order valence-corrected chi connectivity index (χ4v) is 2.36. The van der Waals surface area contributed by atoms with Crippen LogP contribution in [0.15, 0.2) is 42.5 Å². The molecule has 0 aliphatic carbocycles. The first-order chi connectivity index (χ1) is 9.94. The van der Waals surface area contributed by atoms with Gasteiger partial charge in [0.2, 0.25) is 0 Å². The van der Waals surface area contributed by atoms with Gasteiger partial charge in [0.15, 0.2) is 6.10 Å². The number of hydrogen-bond acceptors (Lipinski definition) is 2. The largest absolute Gasteiger partial charge is 0.478 e. The Morgan fingerprint density at radius 3 is 2.10 bits per heavy atom. The number of carboxylic acid groups (broad SMARTS) is 1. The highest BCUT2D eigenvalue weighted by Gasteiger charge is 2.20. The molecule has 0 unspecified atom stereocenters. The highest BCUT2D eigenvalue weighted by atomic mass is 16.5. The Bertz CT molecular complexity index is 609. The molecule has 2 rings (SSSR count). The predicted molar refractivity (Wildman–Crippen MR) is 82.9 cm³/mol. The van der Waals surface area contributed by atoms with Gasteiger partial charge in [-0.15, -0.1) is 0 Å². The van der Waals surface area contributed by atoms with Gasteiger partial charge in [0.25, 0.3) is 0 Å². The van der Waals surface area contributed by atoms with Gasteiger partial charge in [-0.1, -0.05) is 47.0 Å². The van der Waals surface area contributed by atoms with Gasteiger partial charge < -0.3 is 9.84 Å². The quantitative estimate of drug-likeness (QED) is 0.911. The van der Waals surface area contributed by atoms with Crippen molar-refractivity contribution in [2.75, 3.05) is 0 Å². The second-order valence-corrected chi connectivity index (χ2v) is 5.46. The average molecular weight is 284 g/mol. The van der Waals surface area contributed by atoms with Crippen molar-refractivity contribution >= 4 is 5.97 Å². The molecule has 0 bridgehead atoms. The maximum Gasteiger partial charge on any atom is 0.345 e. The van der Waals surface area contributed by atoms with E-state index in [-0.39, 0.29) is 0 Å². The lowest BCUT2D eigenvalue weighted by molar-refractivity contribution is -0.145. The van der Waals surface area contributed by atoms with E-state index in [1.165, 1.54) is 0 Å². The Balaban J connectivity index is 2.15. The van der Waals surface area contributed by atoms with Crippen molar-refractivity contribution < 1.29 is 14.6 Å². The zero-order valence-electron chi connectivity index (χ0n) is 12.6. The van der Waals surface area contributed by atoms with Gasteiger partial charge in [0, 0.05) is 6.42 Å². The molecule has 0 heterocycles. The normalized spacial score (nSPS) is 12.0. The molecule has 0 spiro atoms. The number of rotatable bonds is 5. The maximum absolute atomic E-state index is 11.4. The van der Waals surface area contributed by atoms with Crippen LogP contribution in [0.25, 0.3) is 0 Å². The van der Waals surface area contributed by atoms with E-state index in [2.05, 4.69) is 6.07 Å². The van der Waals surface area contributed by atoms with Crippen LogP contribution < -0.4 is 4.74 Å². The van der Waals surface area contributed by atoms with Gasteiger partial charge in [-0.2, -0.15) is 0 Å². The molecule has 0 saturated carbocycles. The second kappa shape index (κ2) is 6.44. The summed E-state index contributed by atoms with van der Waals surface area (Å²) in [6, 6.07) is 13.5. The summed E-state index contributed by atoms with van der Waals surface area (Å²) in [5.41, 5.74) is 4.35. The molecule has 0 amide bonds. The van der Waals surface area contributed by atoms with Crippen LogP contribution in [-0.2, 0) is 11.2 Å². The standard InChI is InChI=1S/C18H20O3/c1-12-4-6-16(7-5-12)21-17(18(19)20)11-15-9-13(2)8-14(3)10-15/h4-10,17H,11H2,1-3H3,(H,19,20)/t17-/m0/s1. The third-order valence-electron chi connectivity index (χ3n) is 3.28. The second-order valence-electron chi connectivity index (χ2n) is 5.46. The number of ether oxygens (including phenoxy) is 1. The molecule has 1 atom stereocenters. The minimum Gasteiger partial charge on any atom is -0.478 e. The zero-order chi connectivity index (χ0) is 15.4. The molecule has 2 aromatic carbocycles. The number of carbonyl (C=O) groups is 1. The first kappa shape index (κ1) is 15.1. The van der Waals surface area contributed by atoms with Crippen molar-refractivity contribution in [3.05, 3.63) is 64.7 Å². The van der Waals surface area contributed by atoms with E-state index < -0.39 is 12.1 Å². The molecule has 0 fully saturated rings. The lowest BCUT2D eigenvalue weighted by Gasteiger charge is -2.16. The van der Waals surface area contributed by atoms with E-state index >= 15 is 0 Å². The van der Waals surface area contributed by atoms with Crippen LogP contribution in [0.5, 0.6) is 5.75 Å². The van der Waals surface area contributed by atoms with Gasteiger partial charge in [-0.05, 0) is 38.5 Å². The van der Waals surface area contributed by atoms with Gasteiger partial charge in [0.05, 0.1) is 0 Å². The predicted octanol–water partition coefficient (Wildman–Crippen LogP) is 3.69. The number of aryl methyl sites for hydroxylation is 3. The third kappa shape index (κ3) is 4.35. The molecule has 21 heavy (non-hydrogen) atoms. The fourth-order valence-electron chi connectivity index (χ4n) is 2.36. The van der Waals surface area contributed by atoms with Crippen LogP contribution in [0, 0.1) is 20.8 Å². The first-order valence-electron chi connectivity index (χ1n) is 6.97. The highest BCUT2D eigenvalue weighted by Crippen LogP contribution is 2.17. The lowest BCUT2D eigenvalue weighted by atomic mass is 10.0. The van der Waals surface area contributed by atoms with E-state index in [1.54, 1.807) is 12.1 Å². The Hall–Kier alpha value is -2.29. The molecule has 0 aliphatic rings. The van der Waals surface area contributed by atoms with Crippen molar-refractivity contribution in [2.45, 2.75) is 33.3 Å². The minimum absolute atomic E-state index is 0.353. The molecule has 3 nitrogen and oxygen atoms in total. The van der Waals surface area contributed by atoms with Crippen LogP contribution in [0.1, 0.15) is 22.3 Å². The summed E-state index contributed by atoms with van der Waals surface area (Å²) in [6.07, 6.45) is -0.528. The van der Waals surface area contributed by atoms with E-state index in [1.807, 2.05) is 45.0 Å². The van der Waals surface area contributed by atoms with Gasteiger partial charge >= 0.3 is 5.97 Å². The molecule has 1 N–H and O–H groups in total. The van der Waals surface area contributed by atoms with Crippen LogP contribution in [0.2, 0.25) is 0 Å². The smallest absolute Gasteiger partial charge is 0.345 e. The molecule has 0 radical (unpaired) electrons. The number of benzene rings is 2. The summed E-state index contributed by atoms with van der Waals surface area (Å²) in [7, 11) is 0. The molecule has 0 aliphatic heterocycles. The van der Waals surface area contributed by atoms with Crippen molar-refractivity contribution in [1.82, 2.24) is 0 Å². The highest BCUT2D eigenvalue weighted by molar-refractivity contribution is 5.73. The summed E-state index contributed by atoms with van der Waals surface area (Å²) in [5.74, 6) is -0.368. The number of hydrogen-bond donors (Lipinski definition) is 1. The molecule has 110 valence electrons. The van der Waals surface area contributed by atoms with Gasteiger partial charge in [-0.25, -0.2) is 4.79 Å². The number of carboxylic acids is 1. The third-order valence-corrected chi connectivity index (χ3v) is 3.28. The number of aliphatic carboxylic acids is 1. The molecule has 3 heteroatoms. The van der Waals surface area contributed by atoms with Crippen LogP contribution >= 0.6 is 0 Å². The SMILES string of the molecule is Cc1ccc(O[C@@H](Cc2cc(C)cc(C)c2)C(=O)O)cc1. The van der Waals surface area contributed by atoms with Gasteiger partial charge in [0.1, 0.15) is 5.75 Å². The van der Waals surface area contributed by atoms with Crippen molar-refractivity contribution in [3.8, 4) is 5.75 Å². The van der Waals surface area contributed by atoms with E-state index in [0.29, 0.717) is 12.2 Å². The maximum atomic E-state index is 11.4. The first-order valence-corrected chi connectivity index (χ1v) is 6.97. The topological polar surface area (TPSA) is 46.5 Å². The zero-order valence-corrected chi connectivity index (χ0v) is 12.6. The van der Waals surface area contributed by atoms with Gasteiger partial charge in [-0.3, -0.25) is 0 Å². The lowest BCUT2D eigenvalue weighted by Crippen LogP contribution is -2.29. The van der Waals surface area contributed by atoms with Crippen LogP contribution in [-0.4, -0.2) is 17.2 Å². The van der Waals surface area contributed by atoms with Crippen molar-refractivity contribution in [1.29, 1.82) is 0 Å². The van der Waals surface area contributed by atoms with E-state index in [4.69, 9.17) is 4.74 Å². The van der Waals surface area contributed by atoms with E-state index in [0.717, 1.165) is 22.3 Å². The molecule has 2 aromatic rings. The Morgan fingerprint density at radius 2 is 1.57 bits per heavy atom. The Labute approximate surface area is 125 Å². The summed E-state index contributed by atoms with van der Waals surface area (Å²) < 4.78 is 5.62. The fraction of sp³-hybridized carbons (Fsp3) is 0.278. The summed E-state index contributed by atoms with van der Waals surface area (Å²) >= 11 is 0. The van der Waals surface area contributed by atoms with E-state index in [9.17, 15) is 9.90 Å². The van der Waals surface area contributed by atoms with Crippen molar-refractivity contribution in [2.24, 2.45) is 0 Å². The molecule has 0 aromatic heterocycles. The Morgan fingerprint density at radius 1 is 1.00 bits per heavy atom. The monoisotopic (exact) mass is 284 g/mol. The molecular formula is C18H20O3. The van der Waals surface area contributed by atoms with Crippen LogP contribution in [0.4, 0.5) is 0 Å². The van der Waals surface area contributed by atoms with Crippen molar-refractivity contribution in [3.63, 3.8) is 0 Å². The Kier molecular flexibility index (Phi) is 4.63. The minimum atomic E-state index is -0.949. The average Bonchev–Trinajstić information content (AvgIpc) is 2.39. The summed E-state index contributed by atoms with van der Waals surface area (Å²) in [6.45, 7) is 5.99.